The van der Waals surface area contributed by atoms with Gasteiger partial charge in [0.05, 0.1) is 23.0 Å². The second kappa shape index (κ2) is 5.09. The normalized spacial score (nSPS) is 10.5. The Morgan fingerprint density at radius 3 is 2.81 bits per heavy atom. The zero-order valence-electron chi connectivity index (χ0n) is 10.8. The van der Waals surface area contributed by atoms with Gasteiger partial charge in [-0.2, -0.15) is 0 Å². The van der Waals surface area contributed by atoms with E-state index >= 15 is 0 Å². The summed E-state index contributed by atoms with van der Waals surface area (Å²) >= 11 is 0. The van der Waals surface area contributed by atoms with Crippen LogP contribution in [0.3, 0.4) is 0 Å². The van der Waals surface area contributed by atoms with Gasteiger partial charge < -0.3 is 15.4 Å². The zero-order valence-corrected chi connectivity index (χ0v) is 10.8. The van der Waals surface area contributed by atoms with Gasteiger partial charge in [0.1, 0.15) is 0 Å². The van der Waals surface area contributed by atoms with E-state index in [4.69, 9.17) is 5.11 Å². The first-order valence-corrected chi connectivity index (χ1v) is 6.21. The Bertz CT molecular complexity index is 839. The maximum absolute atomic E-state index is 12.3. The summed E-state index contributed by atoms with van der Waals surface area (Å²) in [6.07, 6.45) is 4.25. The molecule has 1 amide bonds. The molecule has 0 fully saturated rings. The SMILES string of the molecule is O=C(O)c1cncc(NC(=O)c2c[nH]c3ccccc23)c1. The topological polar surface area (TPSA) is 95.1 Å². The van der Waals surface area contributed by atoms with E-state index in [-0.39, 0.29) is 11.5 Å². The number of rotatable bonds is 3. The molecular formula is C15H11N3O3. The number of carbonyl (C=O) groups excluding carboxylic acids is 1. The predicted octanol–water partition coefficient (Wildman–Crippen LogP) is 2.51. The highest BCUT2D eigenvalue weighted by Crippen LogP contribution is 2.19. The molecular weight excluding hydrogens is 270 g/mol. The molecule has 0 aliphatic heterocycles. The third kappa shape index (κ3) is 2.46. The molecule has 104 valence electrons. The van der Waals surface area contributed by atoms with E-state index in [1.165, 1.54) is 18.5 Å². The van der Waals surface area contributed by atoms with E-state index in [0.717, 1.165) is 10.9 Å². The summed E-state index contributed by atoms with van der Waals surface area (Å²) in [7, 11) is 0. The fourth-order valence-electron chi connectivity index (χ4n) is 2.08. The van der Waals surface area contributed by atoms with Crippen molar-refractivity contribution in [2.24, 2.45) is 0 Å². The minimum Gasteiger partial charge on any atom is -0.478 e. The number of hydrogen-bond acceptors (Lipinski definition) is 3. The van der Waals surface area contributed by atoms with Gasteiger partial charge in [-0.1, -0.05) is 18.2 Å². The molecule has 3 N–H and O–H groups in total. The minimum atomic E-state index is -1.09. The molecule has 0 unspecified atom stereocenters. The Morgan fingerprint density at radius 1 is 1.19 bits per heavy atom. The van der Waals surface area contributed by atoms with Gasteiger partial charge in [-0.25, -0.2) is 4.79 Å². The summed E-state index contributed by atoms with van der Waals surface area (Å²) < 4.78 is 0. The summed E-state index contributed by atoms with van der Waals surface area (Å²) in [6, 6.07) is 8.80. The number of amides is 1. The molecule has 0 saturated carbocycles. The van der Waals surface area contributed by atoms with Crippen LogP contribution in [-0.2, 0) is 0 Å². The van der Waals surface area contributed by atoms with Crippen molar-refractivity contribution in [2.75, 3.05) is 5.32 Å². The number of carbonyl (C=O) groups is 2. The van der Waals surface area contributed by atoms with Gasteiger partial charge in [-0.05, 0) is 12.1 Å². The molecule has 6 heteroatoms. The highest BCUT2D eigenvalue weighted by molar-refractivity contribution is 6.12. The second-order valence-electron chi connectivity index (χ2n) is 4.47. The third-order valence-corrected chi connectivity index (χ3v) is 3.08. The van der Waals surface area contributed by atoms with E-state index in [9.17, 15) is 9.59 Å². The minimum absolute atomic E-state index is 0.0201. The van der Waals surface area contributed by atoms with Gasteiger partial charge in [-0.3, -0.25) is 9.78 Å². The zero-order chi connectivity index (χ0) is 14.8. The fraction of sp³-hybridized carbons (Fsp3) is 0. The monoisotopic (exact) mass is 281 g/mol. The van der Waals surface area contributed by atoms with Crippen molar-refractivity contribution in [2.45, 2.75) is 0 Å². The Kier molecular flexibility index (Phi) is 3.12. The summed E-state index contributed by atoms with van der Waals surface area (Å²) in [5.41, 5.74) is 1.71. The van der Waals surface area contributed by atoms with Crippen LogP contribution in [0.4, 0.5) is 5.69 Å². The van der Waals surface area contributed by atoms with Crippen molar-refractivity contribution in [3.63, 3.8) is 0 Å². The molecule has 1 aromatic carbocycles. The maximum atomic E-state index is 12.3. The van der Waals surface area contributed by atoms with Gasteiger partial charge in [0.25, 0.3) is 5.91 Å². The van der Waals surface area contributed by atoms with Gasteiger partial charge in [0.15, 0.2) is 0 Å². The number of fused-ring (bicyclic) bond motifs is 1. The highest BCUT2D eigenvalue weighted by atomic mass is 16.4. The molecule has 2 aromatic heterocycles. The molecule has 6 nitrogen and oxygen atoms in total. The molecule has 2 heterocycles. The van der Waals surface area contributed by atoms with Crippen LogP contribution in [0.15, 0.2) is 48.9 Å². The van der Waals surface area contributed by atoms with Crippen LogP contribution in [0.5, 0.6) is 0 Å². The Balaban J connectivity index is 1.90. The lowest BCUT2D eigenvalue weighted by Crippen LogP contribution is -2.12. The first-order chi connectivity index (χ1) is 10.1. The number of hydrogen-bond donors (Lipinski definition) is 3. The van der Waals surface area contributed by atoms with Crippen LogP contribution in [0.1, 0.15) is 20.7 Å². The molecule has 3 aromatic rings. The van der Waals surface area contributed by atoms with E-state index < -0.39 is 5.97 Å². The van der Waals surface area contributed by atoms with Gasteiger partial charge in [0, 0.05) is 23.3 Å². The van der Waals surface area contributed by atoms with E-state index in [0.29, 0.717) is 11.3 Å². The Labute approximate surface area is 119 Å². The quantitative estimate of drug-likeness (QED) is 0.687. The van der Waals surface area contributed by atoms with Gasteiger partial charge >= 0.3 is 5.97 Å². The number of H-pyrrole nitrogens is 1. The number of benzene rings is 1. The number of nitrogens with one attached hydrogen (secondary N) is 2. The number of aromatic amines is 1. The summed E-state index contributed by atoms with van der Waals surface area (Å²) in [4.78, 5) is 30.0. The number of aromatic nitrogens is 2. The van der Waals surface area contributed by atoms with E-state index in [1.54, 1.807) is 6.20 Å². The molecule has 0 spiro atoms. The standard InChI is InChI=1S/C15H11N3O3/c19-14(12-8-17-13-4-2-1-3-11(12)13)18-10-5-9(15(20)21)6-16-7-10/h1-8,17H,(H,18,19)(H,20,21). The number of pyridine rings is 1. The Hall–Kier alpha value is -3.15. The number of anilines is 1. The van der Waals surface area contributed by atoms with E-state index in [1.807, 2.05) is 24.3 Å². The molecule has 0 aliphatic rings. The number of nitrogens with zero attached hydrogens (tertiary/aromatic N) is 1. The van der Waals surface area contributed by atoms with E-state index in [2.05, 4.69) is 15.3 Å². The predicted molar refractivity (Wildman–Crippen MR) is 77.4 cm³/mol. The third-order valence-electron chi connectivity index (χ3n) is 3.08. The highest BCUT2D eigenvalue weighted by Gasteiger charge is 2.13. The van der Waals surface area contributed by atoms with Gasteiger partial charge in [0.2, 0.25) is 0 Å². The van der Waals surface area contributed by atoms with Crippen molar-refractivity contribution in [3.8, 4) is 0 Å². The number of carboxylic acids is 1. The lowest BCUT2D eigenvalue weighted by Gasteiger charge is -2.04. The molecule has 0 radical (unpaired) electrons. The lowest BCUT2D eigenvalue weighted by molar-refractivity contribution is 0.0696. The number of carboxylic acid groups (broad SMARTS) is 1. The van der Waals surface area contributed by atoms with Crippen LogP contribution in [0.25, 0.3) is 10.9 Å². The van der Waals surface area contributed by atoms with Crippen LogP contribution >= 0.6 is 0 Å². The van der Waals surface area contributed by atoms with Crippen molar-refractivity contribution >= 4 is 28.5 Å². The summed E-state index contributed by atoms with van der Waals surface area (Å²) in [5, 5.41) is 12.4. The van der Waals surface area contributed by atoms with Crippen molar-refractivity contribution in [1.29, 1.82) is 0 Å². The molecule has 0 aliphatic carbocycles. The van der Waals surface area contributed by atoms with Crippen LogP contribution < -0.4 is 5.32 Å². The molecule has 0 saturated heterocycles. The lowest BCUT2D eigenvalue weighted by atomic mass is 10.1. The largest absolute Gasteiger partial charge is 0.478 e. The van der Waals surface area contributed by atoms with Gasteiger partial charge in [-0.15, -0.1) is 0 Å². The second-order valence-corrected chi connectivity index (χ2v) is 4.47. The summed E-state index contributed by atoms with van der Waals surface area (Å²) in [5.74, 6) is -1.41. The first-order valence-electron chi connectivity index (χ1n) is 6.21. The molecule has 21 heavy (non-hydrogen) atoms. The van der Waals surface area contributed by atoms with Crippen LogP contribution in [0, 0.1) is 0 Å². The smallest absolute Gasteiger partial charge is 0.337 e. The number of aromatic carboxylic acids is 1. The Morgan fingerprint density at radius 2 is 2.00 bits per heavy atom. The summed E-state index contributed by atoms with van der Waals surface area (Å²) in [6.45, 7) is 0. The van der Waals surface area contributed by atoms with Crippen molar-refractivity contribution in [1.82, 2.24) is 9.97 Å². The average Bonchev–Trinajstić information content (AvgIpc) is 2.91. The van der Waals surface area contributed by atoms with Crippen molar-refractivity contribution in [3.05, 3.63) is 60.0 Å². The maximum Gasteiger partial charge on any atom is 0.337 e. The van der Waals surface area contributed by atoms with Crippen LogP contribution in [0.2, 0.25) is 0 Å². The molecule has 3 rings (SSSR count). The molecule has 0 bridgehead atoms. The van der Waals surface area contributed by atoms with Crippen molar-refractivity contribution < 1.29 is 14.7 Å². The molecule has 0 atom stereocenters. The first kappa shape index (κ1) is 12.9. The van der Waals surface area contributed by atoms with Crippen LogP contribution in [-0.4, -0.2) is 27.0 Å². The average molecular weight is 281 g/mol. The number of para-hydroxylation sites is 1. The fourth-order valence-corrected chi connectivity index (χ4v) is 2.08.